The summed E-state index contributed by atoms with van der Waals surface area (Å²) < 4.78 is 13.7. The third-order valence-electron chi connectivity index (χ3n) is 5.22. The fourth-order valence-corrected chi connectivity index (χ4v) is 3.62. The van der Waals surface area contributed by atoms with E-state index in [0.29, 0.717) is 19.8 Å². The molecule has 1 fully saturated rings. The van der Waals surface area contributed by atoms with Gasteiger partial charge in [0.1, 0.15) is 18.5 Å². The van der Waals surface area contributed by atoms with Crippen LogP contribution < -0.4 is 10.1 Å². The van der Waals surface area contributed by atoms with Gasteiger partial charge in [0.2, 0.25) is 0 Å². The van der Waals surface area contributed by atoms with Crippen molar-refractivity contribution < 1.29 is 9.47 Å². The van der Waals surface area contributed by atoms with Gasteiger partial charge < -0.3 is 19.7 Å². The molecule has 1 aliphatic rings. The zero-order valence-corrected chi connectivity index (χ0v) is 21.4. The maximum Gasteiger partial charge on any atom is 0.194 e. The van der Waals surface area contributed by atoms with E-state index in [9.17, 15) is 0 Å². The summed E-state index contributed by atoms with van der Waals surface area (Å²) in [6.07, 6.45) is 5.64. The number of aliphatic imine (C=N–C) groups is 1. The minimum Gasteiger partial charge on any atom is -0.487 e. The molecule has 1 aromatic carbocycles. The fourth-order valence-electron chi connectivity index (χ4n) is 3.62. The number of pyridine rings is 1. The number of hydrogen-bond donors (Lipinski definition) is 1. The molecule has 0 bridgehead atoms. The molecule has 9 heteroatoms. The highest BCUT2D eigenvalue weighted by Gasteiger charge is 2.25. The first-order valence-electron chi connectivity index (χ1n) is 11.0. The average Bonchev–Trinajstić information content (AvgIpc) is 3.28. The van der Waals surface area contributed by atoms with Gasteiger partial charge in [-0.1, -0.05) is 18.2 Å². The number of nitrogens with zero attached hydrogens (tertiary/aromatic N) is 5. The van der Waals surface area contributed by atoms with Crippen LogP contribution in [0.2, 0.25) is 0 Å². The quantitative estimate of drug-likeness (QED) is 0.270. The molecule has 1 saturated heterocycles. The van der Waals surface area contributed by atoms with Gasteiger partial charge in [-0.25, -0.2) is 4.99 Å². The molecule has 3 aromatic rings. The van der Waals surface area contributed by atoms with Crippen LogP contribution in [0.5, 0.6) is 5.75 Å². The summed E-state index contributed by atoms with van der Waals surface area (Å²) >= 11 is 0. The average molecular weight is 562 g/mol. The first-order chi connectivity index (χ1) is 15.7. The van der Waals surface area contributed by atoms with Gasteiger partial charge in [-0.3, -0.25) is 9.67 Å². The first kappa shape index (κ1) is 25.0. The van der Waals surface area contributed by atoms with Crippen molar-refractivity contribution in [2.24, 2.45) is 12.0 Å². The molecule has 33 heavy (non-hydrogen) atoms. The summed E-state index contributed by atoms with van der Waals surface area (Å²) in [4.78, 5) is 11.4. The lowest BCUT2D eigenvalue weighted by molar-refractivity contribution is -0.00805. The van der Waals surface area contributed by atoms with Crippen LogP contribution in [0.3, 0.4) is 0 Å². The van der Waals surface area contributed by atoms with Gasteiger partial charge in [0, 0.05) is 38.1 Å². The molecule has 1 unspecified atom stereocenters. The molecule has 1 aliphatic heterocycles. The predicted octanol–water partition coefficient (Wildman–Crippen LogP) is 3.55. The number of aryl methyl sites for hydroxylation is 1. The molecule has 8 nitrogen and oxygen atoms in total. The van der Waals surface area contributed by atoms with Crippen LogP contribution in [-0.2, 0) is 24.9 Å². The topological polar surface area (TPSA) is 76.8 Å². The van der Waals surface area contributed by atoms with Crippen LogP contribution in [-0.4, -0.2) is 51.9 Å². The van der Waals surface area contributed by atoms with Crippen molar-refractivity contribution in [3.63, 3.8) is 0 Å². The standard InChI is InChI=1S/C24H30N6O2.HI/c1-3-25-24(30-11-12-31-23(17-30)20-15-28-29(2)16-20)27-14-19-7-6-9-22(13-19)32-18-21-8-4-5-10-26-21;/h4-10,13,15-16,23H,3,11-12,14,17-18H2,1-2H3,(H,25,27);1H. The Kier molecular flexibility index (Phi) is 9.49. The second-order valence-electron chi connectivity index (χ2n) is 7.68. The highest BCUT2D eigenvalue weighted by atomic mass is 127. The summed E-state index contributed by atoms with van der Waals surface area (Å²) in [5.41, 5.74) is 3.09. The van der Waals surface area contributed by atoms with Crippen LogP contribution in [0.4, 0.5) is 0 Å². The Morgan fingerprint density at radius 3 is 2.94 bits per heavy atom. The maximum absolute atomic E-state index is 5.98. The highest BCUT2D eigenvalue weighted by Crippen LogP contribution is 2.22. The van der Waals surface area contributed by atoms with Crippen LogP contribution in [0.15, 0.2) is 66.0 Å². The number of hydrogen-bond acceptors (Lipinski definition) is 5. The Labute approximate surface area is 212 Å². The van der Waals surface area contributed by atoms with Crippen LogP contribution in [0.25, 0.3) is 0 Å². The number of aromatic nitrogens is 3. The lowest BCUT2D eigenvalue weighted by Crippen LogP contribution is -2.48. The Balaban J connectivity index is 0.00000306. The Morgan fingerprint density at radius 2 is 2.18 bits per heavy atom. The predicted molar refractivity (Wildman–Crippen MR) is 139 cm³/mol. The van der Waals surface area contributed by atoms with E-state index in [2.05, 4.69) is 33.3 Å². The molecule has 0 saturated carbocycles. The maximum atomic E-state index is 5.98. The van der Waals surface area contributed by atoms with Crippen molar-refractivity contribution in [1.29, 1.82) is 0 Å². The molecule has 4 rings (SSSR count). The summed E-state index contributed by atoms with van der Waals surface area (Å²) in [6, 6.07) is 13.9. The zero-order valence-electron chi connectivity index (χ0n) is 19.1. The van der Waals surface area contributed by atoms with E-state index in [1.165, 1.54) is 0 Å². The van der Waals surface area contributed by atoms with Crippen molar-refractivity contribution in [2.75, 3.05) is 26.2 Å². The van der Waals surface area contributed by atoms with Crippen LogP contribution >= 0.6 is 24.0 Å². The van der Waals surface area contributed by atoms with Crippen molar-refractivity contribution in [3.8, 4) is 5.75 Å². The molecule has 1 N–H and O–H groups in total. The van der Waals surface area contributed by atoms with E-state index in [1.807, 2.05) is 55.8 Å². The highest BCUT2D eigenvalue weighted by molar-refractivity contribution is 14.0. The van der Waals surface area contributed by atoms with E-state index in [1.54, 1.807) is 10.9 Å². The lowest BCUT2D eigenvalue weighted by atomic mass is 10.1. The van der Waals surface area contributed by atoms with Gasteiger partial charge in [0.15, 0.2) is 5.96 Å². The number of rotatable bonds is 7. The fraction of sp³-hybridized carbons (Fsp3) is 0.375. The second-order valence-corrected chi connectivity index (χ2v) is 7.68. The number of guanidine groups is 1. The summed E-state index contributed by atoms with van der Waals surface area (Å²) in [7, 11) is 1.92. The minimum absolute atomic E-state index is 0. The van der Waals surface area contributed by atoms with E-state index in [0.717, 1.165) is 48.2 Å². The molecule has 1 atom stereocenters. The number of nitrogens with one attached hydrogen (secondary N) is 1. The first-order valence-corrected chi connectivity index (χ1v) is 11.0. The molecule has 0 amide bonds. The second kappa shape index (κ2) is 12.5. The normalized spacial score (nSPS) is 16.2. The van der Waals surface area contributed by atoms with Gasteiger partial charge in [0.25, 0.3) is 0 Å². The Bertz CT molecular complexity index is 1030. The van der Waals surface area contributed by atoms with Gasteiger partial charge in [-0.2, -0.15) is 5.10 Å². The van der Waals surface area contributed by atoms with Crippen molar-refractivity contribution in [1.82, 2.24) is 25.0 Å². The summed E-state index contributed by atoms with van der Waals surface area (Å²) in [6.45, 7) is 6.10. The van der Waals surface area contributed by atoms with Crippen molar-refractivity contribution in [2.45, 2.75) is 26.2 Å². The summed E-state index contributed by atoms with van der Waals surface area (Å²) in [5.74, 6) is 1.71. The molecule has 0 spiro atoms. The third kappa shape index (κ3) is 7.16. The number of morpholine rings is 1. The smallest absolute Gasteiger partial charge is 0.194 e. The molecule has 0 radical (unpaired) electrons. The van der Waals surface area contributed by atoms with Crippen molar-refractivity contribution >= 4 is 29.9 Å². The number of benzene rings is 1. The largest absolute Gasteiger partial charge is 0.487 e. The van der Waals surface area contributed by atoms with Gasteiger partial charge in [-0.15, -0.1) is 24.0 Å². The molecular formula is C24H31IN6O2. The third-order valence-corrected chi connectivity index (χ3v) is 5.22. The lowest BCUT2D eigenvalue weighted by Gasteiger charge is -2.34. The van der Waals surface area contributed by atoms with Gasteiger partial charge in [0.05, 0.1) is 31.6 Å². The molecule has 3 heterocycles. The molecule has 176 valence electrons. The van der Waals surface area contributed by atoms with E-state index in [-0.39, 0.29) is 30.1 Å². The van der Waals surface area contributed by atoms with E-state index >= 15 is 0 Å². The number of halogens is 1. The van der Waals surface area contributed by atoms with Gasteiger partial charge in [-0.05, 0) is 36.8 Å². The molecule has 0 aliphatic carbocycles. The van der Waals surface area contributed by atoms with Crippen molar-refractivity contribution in [3.05, 3.63) is 77.9 Å². The Morgan fingerprint density at radius 1 is 1.27 bits per heavy atom. The molecule has 2 aromatic heterocycles. The molecular weight excluding hydrogens is 531 g/mol. The Hall–Kier alpha value is -2.66. The monoisotopic (exact) mass is 562 g/mol. The van der Waals surface area contributed by atoms with Crippen LogP contribution in [0, 0.1) is 0 Å². The SMILES string of the molecule is CCNC(=NCc1cccc(OCc2ccccn2)c1)N1CCOC(c2cnn(C)c2)C1.I. The summed E-state index contributed by atoms with van der Waals surface area (Å²) in [5, 5.41) is 7.69. The van der Waals surface area contributed by atoms with E-state index < -0.39 is 0 Å². The van der Waals surface area contributed by atoms with E-state index in [4.69, 9.17) is 14.5 Å². The minimum atomic E-state index is -0.00960. The van der Waals surface area contributed by atoms with Gasteiger partial charge >= 0.3 is 0 Å². The van der Waals surface area contributed by atoms with Crippen LogP contribution in [0.1, 0.15) is 29.8 Å². The number of ether oxygens (including phenoxy) is 2. The zero-order chi connectivity index (χ0) is 22.2.